The van der Waals surface area contributed by atoms with Crippen molar-refractivity contribution in [3.8, 4) is 0 Å². The zero-order valence-electron chi connectivity index (χ0n) is 10.7. The Morgan fingerprint density at radius 2 is 2.24 bits per heavy atom. The van der Waals surface area contributed by atoms with Crippen molar-refractivity contribution in [1.29, 1.82) is 0 Å². The topological polar surface area (TPSA) is 58.0 Å². The van der Waals surface area contributed by atoms with Crippen LogP contribution in [0.25, 0.3) is 0 Å². The predicted octanol–water partition coefficient (Wildman–Crippen LogP) is 2.08. The first-order chi connectivity index (χ1) is 8.15. The lowest BCUT2D eigenvalue weighted by molar-refractivity contribution is 0.250. The van der Waals surface area contributed by atoms with Crippen LogP contribution < -0.4 is 5.32 Å². The minimum Gasteiger partial charge on any atom is -0.396 e. The van der Waals surface area contributed by atoms with Gasteiger partial charge in [0.1, 0.15) is 11.6 Å². The molecule has 0 bridgehead atoms. The standard InChI is InChI=1S/C12H21N3OS/c1-4-13-11-5-10(3)14-12(15-11)8-17-7-9(2)6-16/h5,9,16H,4,6-8H2,1-3H3,(H,13,14,15). The molecular weight excluding hydrogens is 234 g/mol. The number of aliphatic hydroxyl groups is 1. The summed E-state index contributed by atoms with van der Waals surface area (Å²) in [6.45, 7) is 7.17. The Balaban J connectivity index is 2.52. The van der Waals surface area contributed by atoms with Crippen LogP contribution in [0.3, 0.4) is 0 Å². The average Bonchev–Trinajstić information content (AvgIpc) is 2.28. The summed E-state index contributed by atoms with van der Waals surface area (Å²) in [4.78, 5) is 8.84. The zero-order valence-corrected chi connectivity index (χ0v) is 11.5. The Morgan fingerprint density at radius 1 is 1.47 bits per heavy atom. The number of hydrogen-bond acceptors (Lipinski definition) is 5. The normalized spacial score (nSPS) is 12.5. The number of aryl methyl sites for hydroxylation is 1. The van der Waals surface area contributed by atoms with Crippen molar-refractivity contribution in [3.63, 3.8) is 0 Å². The number of thioether (sulfide) groups is 1. The van der Waals surface area contributed by atoms with E-state index in [1.165, 1.54) is 0 Å². The molecule has 1 atom stereocenters. The second-order valence-electron chi connectivity index (χ2n) is 4.14. The number of nitrogens with zero attached hydrogens (tertiary/aromatic N) is 2. The second kappa shape index (κ2) is 7.50. The molecule has 96 valence electrons. The summed E-state index contributed by atoms with van der Waals surface area (Å²) in [6.07, 6.45) is 0. The van der Waals surface area contributed by atoms with E-state index in [-0.39, 0.29) is 6.61 Å². The Hall–Kier alpha value is -0.810. The summed E-state index contributed by atoms with van der Waals surface area (Å²) in [5.74, 6) is 3.81. The molecule has 0 aliphatic rings. The van der Waals surface area contributed by atoms with Gasteiger partial charge in [-0.05, 0) is 25.5 Å². The number of aliphatic hydroxyl groups excluding tert-OH is 1. The van der Waals surface area contributed by atoms with E-state index >= 15 is 0 Å². The van der Waals surface area contributed by atoms with Gasteiger partial charge in [-0.1, -0.05) is 6.92 Å². The van der Waals surface area contributed by atoms with Crippen LogP contribution in [0.4, 0.5) is 5.82 Å². The monoisotopic (exact) mass is 255 g/mol. The minimum absolute atomic E-state index is 0.240. The zero-order chi connectivity index (χ0) is 12.7. The molecule has 0 spiro atoms. The summed E-state index contributed by atoms with van der Waals surface area (Å²) in [6, 6.07) is 1.95. The summed E-state index contributed by atoms with van der Waals surface area (Å²) >= 11 is 1.76. The fourth-order valence-corrected chi connectivity index (χ4v) is 2.31. The SMILES string of the molecule is CCNc1cc(C)nc(CSCC(C)CO)n1. The highest BCUT2D eigenvalue weighted by Gasteiger charge is 2.04. The fourth-order valence-electron chi connectivity index (χ4n) is 1.37. The van der Waals surface area contributed by atoms with Crippen molar-refractivity contribution in [2.75, 3.05) is 24.2 Å². The van der Waals surface area contributed by atoms with Crippen molar-refractivity contribution in [2.45, 2.75) is 26.5 Å². The third-order valence-electron chi connectivity index (χ3n) is 2.20. The van der Waals surface area contributed by atoms with Crippen molar-refractivity contribution < 1.29 is 5.11 Å². The highest BCUT2D eigenvalue weighted by atomic mass is 32.2. The lowest BCUT2D eigenvalue weighted by Gasteiger charge is -2.08. The van der Waals surface area contributed by atoms with E-state index in [1.54, 1.807) is 11.8 Å². The smallest absolute Gasteiger partial charge is 0.140 e. The van der Waals surface area contributed by atoms with Crippen molar-refractivity contribution in [3.05, 3.63) is 17.6 Å². The molecule has 1 rings (SSSR count). The van der Waals surface area contributed by atoms with Crippen LogP contribution >= 0.6 is 11.8 Å². The summed E-state index contributed by atoms with van der Waals surface area (Å²) in [5.41, 5.74) is 0.988. The molecule has 0 aliphatic heterocycles. The van der Waals surface area contributed by atoms with Gasteiger partial charge >= 0.3 is 0 Å². The third kappa shape index (κ3) is 5.37. The Morgan fingerprint density at radius 3 is 2.88 bits per heavy atom. The maximum absolute atomic E-state index is 8.94. The first-order valence-corrected chi connectivity index (χ1v) is 7.08. The molecule has 1 unspecified atom stereocenters. The van der Waals surface area contributed by atoms with Gasteiger partial charge in [-0.3, -0.25) is 0 Å². The third-order valence-corrected chi connectivity index (χ3v) is 3.47. The van der Waals surface area contributed by atoms with Crippen molar-refractivity contribution in [2.24, 2.45) is 5.92 Å². The van der Waals surface area contributed by atoms with Gasteiger partial charge in [0.05, 0.1) is 5.75 Å². The lowest BCUT2D eigenvalue weighted by atomic mass is 10.2. The van der Waals surface area contributed by atoms with Crippen LogP contribution in [-0.2, 0) is 5.75 Å². The minimum atomic E-state index is 0.240. The summed E-state index contributed by atoms with van der Waals surface area (Å²) in [5, 5.41) is 12.1. The molecule has 0 radical (unpaired) electrons. The number of rotatable bonds is 7. The van der Waals surface area contributed by atoms with Gasteiger partial charge in [0.25, 0.3) is 0 Å². The molecule has 1 aromatic heterocycles. The highest BCUT2D eigenvalue weighted by molar-refractivity contribution is 7.98. The first kappa shape index (κ1) is 14.3. The van der Waals surface area contributed by atoms with Crippen molar-refractivity contribution >= 4 is 17.6 Å². The van der Waals surface area contributed by atoms with E-state index in [1.807, 2.05) is 19.9 Å². The van der Waals surface area contributed by atoms with Crippen LogP contribution in [0.15, 0.2) is 6.07 Å². The molecule has 0 aliphatic carbocycles. The molecule has 0 aromatic carbocycles. The molecule has 0 fully saturated rings. The molecule has 1 heterocycles. The average molecular weight is 255 g/mol. The molecule has 2 N–H and O–H groups in total. The Bertz CT molecular complexity index is 347. The molecular formula is C12H21N3OS. The first-order valence-electron chi connectivity index (χ1n) is 5.92. The van der Waals surface area contributed by atoms with Gasteiger partial charge in [0.2, 0.25) is 0 Å². The van der Waals surface area contributed by atoms with Crippen LogP contribution in [0.5, 0.6) is 0 Å². The molecule has 1 aromatic rings. The molecule has 0 saturated heterocycles. The van der Waals surface area contributed by atoms with Crippen LogP contribution in [0.1, 0.15) is 25.4 Å². The molecule has 4 nitrogen and oxygen atoms in total. The van der Waals surface area contributed by atoms with Crippen LogP contribution in [0, 0.1) is 12.8 Å². The second-order valence-corrected chi connectivity index (χ2v) is 5.17. The maximum Gasteiger partial charge on any atom is 0.140 e. The number of anilines is 1. The number of nitrogens with one attached hydrogen (secondary N) is 1. The van der Waals surface area contributed by atoms with Gasteiger partial charge in [-0.25, -0.2) is 9.97 Å². The summed E-state index contributed by atoms with van der Waals surface area (Å²) < 4.78 is 0. The Kier molecular flexibility index (Phi) is 6.29. The van der Waals surface area contributed by atoms with E-state index in [0.29, 0.717) is 5.92 Å². The predicted molar refractivity (Wildman–Crippen MR) is 73.3 cm³/mol. The van der Waals surface area contributed by atoms with Crippen molar-refractivity contribution in [1.82, 2.24) is 9.97 Å². The molecule has 0 amide bonds. The quantitative estimate of drug-likeness (QED) is 0.781. The van der Waals surface area contributed by atoms with Gasteiger partial charge < -0.3 is 10.4 Å². The van der Waals surface area contributed by atoms with Crippen LogP contribution in [0.2, 0.25) is 0 Å². The van der Waals surface area contributed by atoms with Crippen LogP contribution in [-0.4, -0.2) is 34.0 Å². The van der Waals surface area contributed by atoms with Gasteiger partial charge in [-0.2, -0.15) is 11.8 Å². The van der Waals surface area contributed by atoms with E-state index in [4.69, 9.17) is 5.11 Å². The van der Waals surface area contributed by atoms with Gasteiger partial charge in [0, 0.05) is 24.9 Å². The van der Waals surface area contributed by atoms with E-state index in [2.05, 4.69) is 22.2 Å². The van der Waals surface area contributed by atoms with E-state index in [0.717, 1.165) is 35.4 Å². The molecule has 5 heteroatoms. The lowest BCUT2D eigenvalue weighted by Crippen LogP contribution is -2.06. The molecule has 0 saturated carbocycles. The highest BCUT2D eigenvalue weighted by Crippen LogP contribution is 2.15. The fraction of sp³-hybridized carbons (Fsp3) is 0.667. The molecule has 17 heavy (non-hydrogen) atoms. The number of hydrogen-bond donors (Lipinski definition) is 2. The van der Waals surface area contributed by atoms with E-state index < -0.39 is 0 Å². The van der Waals surface area contributed by atoms with Gasteiger partial charge in [-0.15, -0.1) is 0 Å². The Labute approximate surface area is 107 Å². The summed E-state index contributed by atoms with van der Waals surface area (Å²) in [7, 11) is 0. The maximum atomic E-state index is 8.94. The van der Waals surface area contributed by atoms with Gasteiger partial charge in [0.15, 0.2) is 0 Å². The number of aromatic nitrogens is 2. The van der Waals surface area contributed by atoms with E-state index in [9.17, 15) is 0 Å². The largest absolute Gasteiger partial charge is 0.396 e.